The third-order valence-corrected chi connectivity index (χ3v) is 2.16. The van der Waals surface area contributed by atoms with E-state index in [-0.39, 0.29) is 10.7 Å². The smallest absolute Gasteiger partial charge is 0.293 e. The second kappa shape index (κ2) is 5.24. The largest absolute Gasteiger partial charge is 0.390 e. The molecule has 94 valence electrons. The number of halogens is 3. The van der Waals surface area contributed by atoms with Crippen LogP contribution in [-0.4, -0.2) is 29.1 Å². The van der Waals surface area contributed by atoms with Crippen molar-refractivity contribution < 1.29 is 18.8 Å². The van der Waals surface area contributed by atoms with Gasteiger partial charge in [-0.3, -0.25) is 10.1 Å². The van der Waals surface area contributed by atoms with Crippen LogP contribution in [0.5, 0.6) is 0 Å². The number of anilines is 1. The third-order valence-electron chi connectivity index (χ3n) is 1.93. The second-order valence-corrected chi connectivity index (χ2v) is 3.72. The first kappa shape index (κ1) is 13.6. The highest BCUT2D eigenvalue weighted by molar-refractivity contribution is 6.30. The average molecular weight is 267 g/mol. The molecule has 0 aromatic heterocycles. The van der Waals surface area contributed by atoms with Gasteiger partial charge >= 0.3 is 0 Å². The van der Waals surface area contributed by atoms with E-state index in [1.807, 2.05) is 0 Å². The minimum atomic E-state index is -3.34. The highest BCUT2D eigenvalue weighted by Gasteiger charge is 2.28. The summed E-state index contributed by atoms with van der Waals surface area (Å²) in [5, 5.41) is 21.3. The Morgan fingerprint density at radius 3 is 2.71 bits per heavy atom. The first-order valence-corrected chi connectivity index (χ1v) is 4.90. The molecule has 8 heteroatoms. The van der Waals surface area contributed by atoms with Gasteiger partial charge in [0, 0.05) is 11.1 Å². The molecule has 0 bridgehead atoms. The fourth-order valence-electron chi connectivity index (χ4n) is 1.09. The number of nitrogens with one attached hydrogen (secondary N) is 1. The van der Waals surface area contributed by atoms with Crippen LogP contribution in [0.15, 0.2) is 18.2 Å². The fraction of sp³-hybridized carbons (Fsp3) is 0.333. The van der Waals surface area contributed by atoms with Gasteiger partial charge in [-0.15, -0.1) is 0 Å². The maximum absolute atomic E-state index is 12.7. The summed E-state index contributed by atoms with van der Waals surface area (Å²) in [5.41, 5.74) is -0.473. The van der Waals surface area contributed by atoms with E-state index < -0.39 is 29.7 Å². The Kier molecular flexibility index (Phi) is 4.19. The van der Waals surface area contributed by atoms with Crippen molar-refractivity contribution >= 4 is 23.0 Å². The molecule has 1 aromatic carbocycles. The molecule has 5 nitrogen and oxygen atoms in total. The van der Waals surface area contributed by atoms with E-state index in [1.54, 1.807) is 0 Å². The van der Waals surface area contributed by atoms with Crippen LogP contribution >= 0.6 is 11.6 Å². The summed E-state index contributed by atoms with van der Waals surface area (Å²) in [5.74, 6) is -3.34. The zero-order valence-corrected chi connectivity index (χ0v) is 9.25. The van der Waals surface area contributed by atoms with Crippen molar-refractivity contribution in [3.05, 3.63) is 33.3 Å². The third kappa shape index (κ3) is 3.79. The molecule has 17 heavy (non-hydrogen) atoms. The van der Waals surface area contributed by atoms with E-state index in [9.17, 15) is 18.9 Å². The highest BCUT2D eigenvalue weighted by atomic mass is 35.5. The predicted molar refractivity (Wildman–Crippen MR) is 58.6 cm³/mol. The number of aliphatic hydroxyl groups is 1. The molecular formula is C9H9ClF2N2O3. The van der Waals surface area contributed by atoms with Crippen molar-refractivity contribution in [1.29, 1.82) is 0 Å². The Balaban J connectivity index is 2.88. The zero-order valence-electron chi connectivity index (χ0n) is 8.49. The van der Waals surface area contributed by atoms with Crippen LogP contribution in [-0.2, 0) is 0 Å². The summed E-state index contributed by atoms with van der Waals surface area (Å²) in [6.07, 6.45) is 0. The molecule has 0 spiro atoms. The number of alkyl halides is 2. The van der Waals surface area contributed by atoms with Crippen LogP contribution in [0, 0.1) is 10.1 Å². The number of nitro benzene ring substituents is 1. The lowest BCUT2D eigenvalue weighted by molar-refractivity contribution is -0.384. The summed E-state index contributed by atoms with van der Waals surface area (Å²) in [7, 11) is 0. The first-order valence-electron chi connectivity index (χ1n) is 4.52. The molecule has 0 saturated heterocycles. The normalized spacial score (nSPS) is 11.3. The Bertz CT molecular complexity index is 429. The molecule has 1 aromatic rings. The molecular weight excluding hydrogens is 258 g/mol. The Hall–Kier alpha value is -1.47. The zero-order chi connectivity index (χ0) is 13.1. The summed E-state index contributed by atoms with van der Waals surface area (Å²) in [6, 6.07) is 3.63. The van der Waals surface area contributed by atoms with E-state index in [4.69, 9.17) is 16.7 Å². The van der Waals surface area contributed by atoms with Crippen LogP contribution in [0.3, 0.4) is 0 Å². The Labute approximate surface area is 100 Å². The van der Waals surface area contributed by atoms with Gasteiger partial charge in [0.2, 0.25) is 0 Å². The quantitative estimate of drug-likeness (QED) is 0.633. The minimum Gasteiger partial charge on any atom is -0.390 e. The summed E-state index contributed by atoms with van der Waals surface area (Å²) < 4.78 is 25.5. The molecule has 0 radical (unpaired) electrons. The SMILES string of the molecule is O=[N+]([O-])c1cc(Cl)ccc1NCC(F)(F)CO. The van der Waals surface area contributed by atoms with E-state index >= 15 is 0 Å². The van der Waals surface area contributed by atoms with E-state index in [1.165, 1.54) is 12.1 Å². The summed E-state index contributed by atoms with van der Waals surface area (Å²) in [4.78, 5) is 9.91. The van der Waals surface area contributed by atoms with Crippen LogP contribution in [0.25, 0.3) is 0 Å². The van der Waals surface area contributed by atoms with Crippen LogP contribution < -0.4 is 5.32 Å². The van der Waals surface area contributed by atoms with E-state index in [0.29, 0.717) is 0 Å². The van der Waals surface area contributed by atoms with Crippen molar-refractivity contribution in [3.8, 4) is 0 Å². The number of aliphatic hydroxyl groups excluding tert-OH is 1. The molecule has 0 aliphatic heterocycles. The van der Waals surface area contributed by atoms with Crippen molar-refractivity contribution in [3.63, 3.8) is 0 Å². The molecule has 0 fully saturated rings. The molecule has 0 aliphatic carbocycles. The maximum Gasteiger partial charge on any atom is 0.293 e. The van der Waals surface area contributed by atoms with Gasteiger partial charge < -0.3 is 10.4 Å². The molecule has 0 aliphatic rings. The second-order valence-electron chi connectivity index (χ2n) is 3.29. The van der Waals surface area contributed by atoms with E-state index in [0.717, 1.165) is 6.07 Å². The van der Waals surface area contributed by atoms with Crippen molar-refractivity contribution in [2.45, 2.75) is 5.92 Å². The van der Waals surface area contributed by atoms with Gasteiger partial charge in [-0.2, -0.15) is 0 Å². The average Bonchev–Trinajstić information content (AvgIpc) is 2.27. The lowest BCUT2D eigenvalue weighted by atomic mass is 10.2. The molecule has 1 rings (SSSR count). The first-order chi connectivity index (χ1) is 7.85. The van der Waals surface area contributed by atoms with Crippen molar-refractivity contribution in [1.82, 2.24) is 0 Å². The van der Waals surface area contributed by atoms with Crippen molar-refractivity contribution in [2.24, 2.45) is 0 Å². The van der Waals surface area contributed by atoms with E-state index in [2.05, 4.69) is 5.32 Å². The van der Waals surface area contributed by atoms with Gasteiger partial charge in [0.05, 0.1) is 11.5 Å². The molecule has 2 N–H and O–H groups in total. The number of hydrogen-bond acceptors (Lipinski definition) is 4. The van der Waals surface area contributed by atoms with Gasteiger partial charge in [-0.05, 0) is 12.1 Å². The number of rotatable bonds is 5. The number of benzene rings is 1. The minimum absolute atomic E-state index is 0.0764. The topological polar surface area (TPSA) is 75.4 Å². The molecule has 0 unspecified atom stereocenters. The molecule has 0 amide bonds. The number of nitro groups is 1. The standard InChI is InChI=1S/C9H9ClF2N2O3/c10-6-1-2-7(8(3-6)14(16)17)13-4-9(11,12)5-15/h1-3,13,15H,4-5H2. The van der Waals surface area contributed by atoms with Gasteiger partial charge in [0.15, 0.2) is 0 Å². The summed E-state index contributed by atoms with van der Waals surface area (Å²) in [6.45, 7) is -2.23. The van der Waals surface area contributed by atoms with Gasteiger partial charge in [0.25, 0.3) is 11.6 Å². The molecule has 0 heterocycles. The predicted octanol–water partition coefficient (Wildman–Crippen LogP) is 2.29. The Morgan fingerprint density at radius 1 is 1.53 bits per heavy atom. The highest BCUT2D eigenvalue weighted by Crippen LogP contribution is 2.28. The fourth-order valence-corrected chi connectivity index (χ4v) is 1.25. The molecule has 0 atom stereocenters. The van der Waals surface area contributed by atoms with Crippen molar-refractivity contribution in [2.75, 3.05) is 18.5 Å². The van der Waals surface area contributed by atoms with Gasteiger partial charge in [-0.1, -0.05) is 11.6 Å². The van der Waals surface area contributed by atoms with Crippen LogP contribution in [0.2, 0.25) is 5.02 Å². The lowest BCUT2D eigenvalue weighted by Gasteiger charge is -2.14. The number of nitrogens with zero attached hydrogens (tertiary/aromatic N) is 1. The molecule has 0 saturated carbocycles. The Morgan fingerprint density at radius 2 is 2.18 bits per heavy atom. The monoisotopic (exact) mass is 266 g/mol. The maximum atomic E-state index is 12.7. The lowest BCUT2D eigenvalue weighted by Crippen LogP contribution is -2.31. The van der Waals surface area contributed by atoms with Crippen LogP contribution in [0.4, 0.5) is 20.2 Å². The van der Waals surface area contributed by atoms with Gasteiger partial charge in [-0.25, -0.2) is 8.78 Å². The summed E-state index contributed by atoms with van der Waals surface area (Å²) >= 11 is 5.56. The van der Waals surface area contributed by atoms with Crippen LogP contribution in [0.1, 0.15) is 0 Å². The number of hydrogen-bond donors (Lipinski definition) is 2. The van der Waals surface area contributed by atoms with Gasteiger partial charge in [0.1, 0.15) is 12.3 Å².